The van der Waals surface area contributed by atoms with Gasteiger partial charge < -0.3 is 9.72 Å². The van der Waals surface area contributed by atoms with Crippen molar-refractivity contribution < 1.29 is 4.74 Å². The van der Waals surface area contributed by atoms with Crippen LogP contribution in [0.3, 0.4) is 0 Å². The summed E-state index contributed by atoms with van der Waals surface area (Å²) in [5.41, 5.74) is -0.186. The predicted molar refractivity (Wildman–Crippen MR) is 52.0 cm³/mol. The van der Waals surface area contributed by atoms with Gasteiger partial charge in [0.25, 0.3) is 0 Å². The number of aromatic amines is 1. The van der Waals surface area contributed by atoms with Gasteiger partial charge in [0.15, 0.2) is 0 Å². The van der Waals surface area contributed by atoms with Crippen molar-refractivity contribution in [2.24, 2.45) is 0 Å². The minimum atomic E-state index is -0.186. The van der Waals surface area contributed by atoms with E-state index in [9.17, 15) is 0 Å². The van der Waals surface area contributed by atoms with Gasteiger partial charge in [-0.15, -0.1) is 0 Å². The van der Waals surface area contributed by atoms with Crippen molar-refractivity contribution in [1.82, 2.24) is 9.97 Å². The van der Waals surface area contributed by atoms with Crippen molar-refractivity contribution in [1.29, 1.82) is 0 Å². The first kappa shape index (κ1) is 8.84. The zero-order valence-corrected chi connectivity index (χ0v) is 8.36. The van der Waals surface area contributed by atoms with Crippen LogP contribution in [0.1, 0.15) is 25.1 Å². The second-order valence-corrected chi connectivity index (χ2v) is 3.77. The molecule has 4 heteroatoms. The minimum absolute atomic E-state index is 0.186. The fourth-order valence-electron chi connectivity index (χ4n) is 1.64. The molecule has 1 N–H and O–H groups in total. The summed E-state index contributed by atoms with van der Waals surface area (Å²) in [6, 6.07) is 1.78. The number of hydrogen-bond donors (Lipinski definition) is 1. The van der Waals surface area contributed by atoms with Crippen molar-refractivity contribution in [2.75, 3.05) is 7.11 Å². The summed E-state index contributed by atoms with van der Waals surface area (Å²) in [5, 5.41) is 0. The number of ether oxygens (including phenoxy) is 1. The number of hydrogen-bond acceptors (Lipinski definition) is 3. The molecule has 70 valence electrons. The summed E-state index contributed by atoms with van der Waals surface area (Å²) < 4.78 is 6.19. The topological polar surface area (TPSA) is 37.9 Å². The molecule has 0 amide bonds. The van der Waals surface area contributed by atoms with Crippen LogP contribution < -0.4 is 0 Å². The summed E-state index contributed by atoms with van der Waals surface area (Å²) >= 11 is 5.04. The Balaban J connectivity index is 2.38. The van der Waals surface area contributed by atoms with Crippen LogP contribution in [0.15, 0.2) is 12.3 Å². The Morgan fingerprint density at radius 1 is 1.62 bits per heavy atom. The molecule has 1 heterocycles. The fraction of sp³-hybridized carbons (Fsp3) is 0.556. The van der Waals surface area contributed by atoms with E-state index in [-0.39, 0.29) is 5.60 Å². The van der Waals surface area contributed by atoms with Gasteiger partial charge in [-0.1, -0.05) is 12.2 Å². The molecule has 1 saturated carbocycles. The smallest absolute Gasteiger partial charge is 0.139 e. The third kappa shape index (κ3) is 1.40. The maximum Gasteiger partial charge on any atom is 0.139 e. The zero-order valence-electron chi connectivity index (χ0n) is 7.54. The Morgan fingerprint density at radius 3 is 2.85 bits per heavy atom. The van der Waals surface area contributed by atoms with Gasteiger partial charge in [0.2, 0.25) is 0 Å². The van der Waals surface area contributed by atoms with Gasteiger partial charge in [-0.25, -0.2) is 4.98 Å². The van der Waals surface area contributed by atoms with E-state index in [2.05, 4.69) is 9.97 Å². The summed E-state index contributed by atoms with van der Waals surface area (Å²) in [5.74, 6) is 0.869. The van der Waals surface area contributed by atoms with Gasteiger partial charge in [-0.3, -0.25) is 0 Å². The van der Waals surface area contributed by atoms with Crippen LogP contribution in [0.25, 0.3) is 0 Å². The maximum absolute atomic E-state index is 5.47. The van der Waals surface area contributed by atoms with Crippen molar-refractivity contribution in [2.45, 2.75) is 24.9 Å². The van der Waals surface area contributed by atoms with Gasteiger partial charge >= 0.3 is 0 Å². The van der Waals surface area contributed by atoms with Gasteiger partial charge in [-0.05, 0) is 25.3 Å². The molecule has 0 bridgehead atoms. The molecule has 0 aliphatic heterocycles. The fourth-order valence-corrected chi connectivity index (χ4v) is 1.79. The number of nitrogens with zero attached hydrogens (tertiary/aromatic N) is 1. The van der Waals surface area contributed by atoms with E-state index in [1.165, 1.54) is 6.42 Å². The Kier molecular flexibility index (Phi) is 2.17. The lowest BCUT2D eigenvalue weighted by atomic mass is 9.79. The average molecular weight is 196 g/mol. The maximum atomic E-state index is 5.47. The SMILES string of the molecule is COC1(c2nccc(=S)[nH]2)CCC1. The molecule has 1 aliphatic carbocycles. The number of aromatic nitrogens is 2. The van der Waals surface area contributed by atoms with Crippen LogP contribution in [0.5, 0.6) is 0 Å². The zero-order chi connectivity index (χ0) is 9.31. The van der Waals surface area contributed by atoms with E-state index < -0.39 is 0 Å². The molecule has 3 nitrogen and oxygen atoms in total. The number of rotatable bonds is 2. The Bertz CT molecular complexity index is 351. The molecule has 1 aliphatic rings. The molecule has 0 spiro atoms. The summed E-state index contributed by atoms with van der Waals surface area (Å²) in [6.45, 7) is 0. The molecular formula is C9H12N2OS. The highest BCUT2D eigenvalue weighted by Crippen LogP contribution is 2.42. The van der Waals surface area contributed by atoms with Crippen LogP contribution in [-0.2, 0) is 10.3 Å². The van der Waals surface area contributed by atoms with E-state index >= 15 is 0 Å². The molecule has 1 aromatic heterocycles. The van der Waals surface area contributed by atoms with Gasteiger partial charge in [-0.2, -0.15) is 0 Å². The Morgan fingerprint density at radius 2 is 2.38 bits per heavy atom. The second-order valence-electron chi connectivity index (χ2n) is 3.33. The average Bonchev–Trinajstić information content (AvgIpc) is 2.03. The molecule has 0 aromatic carbocycles. The molecule has 13 heavy (non-hydrogen) atoms. The van der Waals surface area contributed by atoms with Gasteiger partial charge in [0, 0.05) is 13.3 Å². The molecule has 0 unspecified atom stereocenters. The van der Waals surface area contributed by atoms with E-state index in [1.54, 1.807) is 19.4 Å². The highest BCUT2D eigenvalue weighted by atomic mass is 32.1. The van der Waals surface area contributed by atoms with Crippen LogP contribution >= 0.6 is 12.2 Å². The first-order chi connectivity index (χ1) is 6.27. The van der Waals surface area contributed by atoms with E-state index in [0.29, 0.717) is 4.64 Å². The highest BCUT2D eigenvalue weighted by Gasteiger charge is 2.40. The molecular weight excluding hydrogens is 184 g/mol. The standard InChI is InChI=1S/C9H12N2OS/c1-12-9(4-2-5-9)8-10-6-3-7(13)11-8/h3,6H,2,4-5H2,1H3,(H,10,11,13). The normalized spacial score (nSPS) is 19.5. The van der Waals surface area contributed by atoms with E-state index in [1.807, 2.05) is 0 Å². The third-order valence-electron chi connectivity index (χ3n) is 2.65. The van der Waals surface area contributed by atoms with Crippen molar-refractivity contribution in [3.63, 3.8) is 0 Å². The van der Waals surface area contributed by atoms with Crippen LogP contribution in [-0.4, -0.2) is 17.1 Å². The second kappa shape index (κ2) is 3.20. The lowest BCUT2D eigenvalue weighted by molar-refractivity contribution is -0.0847. The first-order valence-electron chi connectivity index (χ1n) is 4.38. The predicted octanol–water partition coefficient (Wildman–Crippen LogP) is 2.16. The van der Waals surface area contributed by atoms with Gasteiger partial charge in [0.1, 0.15) is 16.1 Å². The summed E-state index contributed by atoms with van der Waals surface area (Å²) in [6.07, 6.45) is 5.00. The van der Waals surface area contributed by atoms with E-state index in [4.69, 9.17) is 17.0 Å². The van der Waals surface area contributed by atoms with Crippen molar-refractivity contribution in [3.8, 4) is 0 Å². The first-order valence-corrected chi connectivity index (χ1v) is 4.79. The monoisotopic (exact) mass is 196 g/mol. The van der Waals surface area contributed by atoms with Crippen molar-refractivity contribution >= 4 is 12.2 Å². The van der Waals surface area contributed by atoms with Gasteiger partial charge in [0.05, 0.1) is 0 Å². The highest BCUT2D eigenvalue weighted by molar-refractivity contribution is 7.71. The number of nitrogens with one attached hydrogen (secondary N) is 1. The number of methoxy groups -OCH3 is 1. The van der Waals surface area contributed by atoms with Crippen molar-refractivity contribution in [3.05, 3.63) is 22.7 Å². The Hall–Kier alpha value is -0.740. The molecule has 0 radical (unpaired) electrons. The minimum Gasteiger partial charge on any atom is -0.370 e. The molecule has 1 fully saturated rings. The third-order valence-corrected chi connectivity index (χ3v) is 2.89. The molecule has 0 saturated heterocycles. The summed E-state index contributed by atoms with van der Waals surface area (Å²) in [7, 11) is 1.73. The molecule has 0 atom stereocenters. The lowest BCUT2D eigenvalue weighted by Crippen LogP contribution is -2.37. The Labute approximate surface area is 82.2 Å². The quantitative estimate of drug-likeness (QED) is 0.737. The molecule has 1 aromatic rings. The number of H-pyrrole nitrogens is 1. The molecule has 2 rings (SSSR count). The van der Waals surface area contributed by atoms with Crippen LogP contribution in [0, 0.1) is 4.64 Å². The lowest BCUT2D eigenvalue weighted by Gasteiger charge is -2.39. The van der Waals surface area contributed by atoms with Crippen LogP contribution in [0.4, 0.5) is 0 Å². The summed E-state index contributed by atoms with van der Waals surface area (Å²) in [4.78, 5) is 7.34. The van der Waals surface area contributed by atoms with Crippen LogP contribution in [0.2, 0.25) is 0 Å². The van der Waals surface area contributed by atoms with E-state index in [0.717, 1.165) is 18.7 Å². The largest absolute Gasteiger partial charge is 0.370 e.